The Balaban J connectivity index is 1.45. The van der Waals surface area contributed by atoms with Gasteiger partial charge in [0, 0.05) is 25.8 Å². The van der Waals surface area contributed by atoms with Crippen LogP contribution in [0.25, 0.3) is 21.6 Å². The van der Waals surface area contributed by atoms with E-state index in [0.717, 1.165) is 28.8 Å². The number of anilines is 1. The summed E-state index contributed by atoms with van der Waals surface area (Å²) in [6, 6.07) is 14.4. The first kappa shape index (κ1) is 31.9. The fraction of sp³-hybridized carbons (Fsp3) is 0.375. The summed E-state index contributed by atoms with van der Waals surface area (Å²) in [7, 11) is 0. The number of fused-ring (bicyclic) bond motifs is 1. The van der Waals surface area contributed by atoms with Crippen LogP contribution in [0, 0.1) is 16.7 Å². The van der Waals surface area contributed by atoms with Crippen molar-refractivity contribution in [3.63, 3.8) is 0 Å². The van der Waals surface area contributed by atoms with Gasteiger partial charge in [0.25, 0.3) is 18.2 Å². The monoisotopic (exact) mass is 632 g/mol. The molecule has 3 aromatic heterocycles. The van der Waals surface area contributed by atoms with Gasteiger partial charge in [0.05, 0.1) is 33.4 Å². The van der Waals surface area contributed by atoms with Crippen molar-refractivity contribution in [1.29, 1.82) is 5.26 Å². The second-order valence-corrected chi connectivity index (χ2v) is 13.0. The maximum absolute atomic E-state index is 13.5. The number of nitrogens with one attached hydrogen (secondary N) is 2. The highest BCUT2D eigenvalue weighted by Gasteiger charge is 2.32. The molecule has 0 spiro atoms. The molecule has 4 heterocycles. The van der Waals surface area contributed by atoms with Crippen LogP contribution >= 0.6 is 11.3 Å². The van der Waals surface area contributed by atoms with Crippen LogP contribution in [0.15, 0.2) is 60.3 Å². The van der Waals surface area contributed by atoms with Crippen LogP contribution in [0.3, 0.4) is 0 Å². The molecular weight excluding hydrogens is 598 g/mol. The van der Waals surface area contributed by atoms with Crippen LogP contribution < -0.4 is 10.6 Å². The molecule has 0 radical (unpaired) electrons. The zero-order valence-electron chi connectivity index (χ0n) is 25.3. The average molecular weight is 633 g/mol. The summed E-state index contributed by atoms with van der Waals surface area (Å²) in [6.07, 6.45) is 2.31. The number of thiophene rings is 1. The van der Waals surface area contributed by atoms with Crippen molar-refractivity contribution in [2.24, 2.45) is 5.41 Å². The molecule has 1 atom stereocenters. The highest BCUT2D eigenvalue weighted by molar-refractivity contribution is 7.17. The van der Waals surface area contributed by atoms with Gasteiger partial charge in [0.2, 0.25) is 5.95 Å². The molecule has 1 fully saturated rings. The van der Waals surface area contributed by atoms with Crippen LogP contribution in [0.5, 0.6) is 0 Å². The molecule has 13 heteroatoms. The van der Waals surface area contributed by atoms with Crippen LogP contribution in [0.1, 0.15) is 48.8 Å². The van der Waals surface area contributed by atoms with Crippen LogP contribution in [-0.2, 0) is 17.9 Å². The largest absolute Gasteiger partial charge is 0.333 e. The molecule has 0 bridgehead atoms. The summed E-state index contributed by atoms with van der Waals surface area (Å²) >= 11 is 1.28. The van der Waals surface area contributed by atoms with E-state index in [9.17, 15) is 23.6 Å². The lowest BCUT2D eigenvalue weighted by Gasteiger charge is -2.26. The number of imidazole rings is 1. The standard InChI is InChI=1S/C32H34F2N8O2S/c1-32(2,3)15-21(16-35)30(44)41-13-5-6-22(41)19-42-25-9-8-20(17-36-18-28(33)34)14-24(25)38-31(42)39-29(43)27-11-10-26(45-27)23-7-4-12-37-40-23/h4,7-12,14-15,22,28,36H,5-6,13,17-19H2,1-3H3,(H,38,39,43)/t22-/m1/s1. The number of alkyl halides is 2. The smallest absolute Gasteiger partial charge is 0.268 e. The Morgan fingerprint density at radius 3 is 2.76 bits per heavy atom. The van der Waals surface area contributed by atoms with E-state index in [-0.39, 0.29) is 35.4 Å². The third-order valence-electron chi connectivity index (χ3n) is 7.28. The number of hydrogen-bond acceptors (Lipinski definition) is 8. The second kappa shape index (κ2) is 13.6. The Kier molecular flexibility index (Phi) is 9.65. The molecule has 234 valence electrons. The van der Waals surface area contributed by atoms with E-state index in [2.05, 4.69) is 26.9 Å². The van der Waals surface area contributed by atoms with E-state index < -0.39 is 13.0 Å². The molecule has 1 aliphatic rings. The van der Waals surface area contributed by atoms with E-state index in [1.807, 2.05) is 49.6 Å². The van der Waals surface area contributed by atoms with Gasteiger partial charge in [0.1, 0.15) is 17.3 Å². The van der Waals surface area contributed by atoms with Gasteiger partial charge < -0.3 is 14.8 Å². The predicted molar refractivity (Wildman–Crippen MR) is 169 cm³/mol. The minimum atomic E-state index is -2.46. The number of halogens is 2. The number of aromatic nitrogens is 4. The van der Waals surface area contributed by atoms with Gasteiger partial charge in [-0.2, -0.15) is 10.4 Å². The number of benzene rings is 1. The van der Waals surface area contributed by atoms with Crippen LogP contribution in [0.4, 0.5) is 14.7 Å². The topological polar surface area (TPSA) is 129 Å². The number of hydrogen-bond donors (Lipinski definition) is 2. The summed E-state index contributed by atoms with van der Waals surface area (Å²) in [5, 5.41) is 23.5. The van der Waals surface area contributed by atoms with E-state index in [4.69, 9.17) is 4.98 Å². The van der Waals surface area contributed by atoms with Gasteiger partial charge in [-0.1, -0.05) is 32.9 Å². The minimum Gasteiger partial charge on any atom is -0.333 e. The predicted octanol–water partition coefficient (Wildman–Crippen LogP) is 5.65. The summed E-state index contributed by atoms with van der Waals surface area (Å²) in [5.41, 5.74) is 2.49. The number of rotatable bonds is 10. The van der Waals surface area contributed by atoms with E-state index >= 15 is 0 Å². The van der Waals surface area contributed by atoms with Crippen LogP contribution in [0.2, 0.25) is 0 Å². The number of amides is 2. The normalized spacial score (nSPS) is 15.5. The zero-order valence-corrected chi connectivity index (χ0v) is 26.1. The third-order valence-corrected chi connectivity index (χ3v) is 8.39. The molecule has 5 rings (SSSR count). The van der Waals surface area contributed by atoms with Crippen molar-refractivity contribution < 1.29 is 18.4 Å². The van der Waals surface area contributed by atoms with E-state index in [1.165, 1.54) is 11.3 Å². The van der Waals surface area contributed by atoms with Gasteiger partial charge in [-0.25, -0.2) is 13.8 Å². The number of likely N-dealkylation sites (tertiary alicyclic amines) is 1. The van der Waals surface area contributed by atoms with E-state index in [1.54, 1.807) is 35.4 Å². The molecule has 2 N–H and O–H groups in total. The Bertz CT molecular complexity index is 1750. The average Bonchev–Trinajstić information content (AvgIpc) is 3.75. The fourth-order valence-electron chi connectivity index (χ4n) is 5.32. The Hall–Kier alpha value is -4.54. The van der Waals surface area contributed by atoms with Gasteiger partial charge in [-0.15, -0.1) is 16.4 Å². The molecular formula is C32H34F2N8O2S. The molecule has 45 heavy (non-hydrogen) atoms. The van der Waals surface area contributed by atoms with Crippen molar-refractivity contribution in [3.05, 3.63) is 70.8 Å². The molecule has 1 aromatic carbocycles. The Morgan fingerprint density at radius 2 is 2.04 bits per heavy atom. The number of carbonyl (C=O) groups is 2. The summed E-state index contributed by atoms with van der Waals surface area (Å²) in [4.78, 5) is 34.6. The molecule has 1 saturated heterocycles. The Morgan fingerprint density at radius 1 is 1.22 bits per heavy atom. The van der Waals surface area contributed by atoms with Crippen molar-refractivity contribution in [3.8, 4) is 16.6 Å². The lowest BCUT2D eigenvalue weighted by Crippen LogP contribution is -2.39. The first-order chi connectivity index (χ1) is 21.5. The maximum atomic E-state index is 13.5. The second-order valence-electron chi connectivity index (χ2n) is 11.9. The molecule has 1 aliphatic heterocycles. The van der Waals surface area contributed by atoms with Gasteiger partial charge in [0.15, 0.2) is 0 Å². The van der Waals surface area contributed by atoms with Crippen molar-refractivity contribution in [2.75, 3.05) is 18.4 Å². The first-order valence-electron chi connectivity index (χ1n) is 14.6. The quantitative estimate of drug-likeness (QED) is 0.171. The SMILES string of the molecule is CC(C)(C)C=C(C#N)C(=O)N1CCC[C@@H]1Cn1c(NC(=O)c2ccc(-c3cccnn3)s2)nc2cc(CNCC(F)F)ccc21. The van der Waals surface area contributed by atoms with Crippen molar-refractivity contribution in [2.45, 2.75) is 59.2 Å². The summed E-state index contributed by atoms with van der Waals surface area (Å²) in [5.74, 6) is -0.371. The number of allylic oxidation sites excluding steroid dienone is 1. The number of nitrogens with zero attached hydrogens (tertiary/aromatic N) is 6. The van der Waals surface area contributed by atoms with Gasteiger partial charge >= 0.3 is 0 Å². The maximum Gasteiger partial charge on any atom is 0.268 e. The Labute approximate surface area is 263 Å². The first-order valence-corrected chi connectivity index (χ1v) is 15.5. The lowest BCUT2D eigenvalue weighted by molar-refractivity contribution is -0.127. The molecule has 4 aromatic rings. The highest BCUT2D eigenvalue weighted by atomic mass is 32.1. The molecule has 2 amide bonds. The van der Waals surface area contributed by atoms with Gasteiger partial charge in [-0.3, -0.25) is 14.9 Å². The summed E-state index contributed by atoms with van der Waals surface area (Å²) < 4.78 is 27.2. The van der Waals surface area contributed by atoms with Crippen LogP contribution in [-0.4, -0.2) is 62.0 Å². The van der Waals surface area contributed by atoms with E-state index in [0.29, 0.717) is 35.1 Å². The molecule has 0 aliphatic carbocycles. The molecule has 0 unspecified atom stereocenters. The number of carbonyl (C=O) groups excluding carboxylic acids is 2. The minimum absolute atomic E-state index is 0.107. The lowest BCUT2D eigenvalue weighted by atomic mass is 9.93. The highest BCUT2D eigenvalue weighted by Crippen LogP contribution is 2.30. The van der Waals surface area contributed by atoms with Gasteiger partial charge in [-0.05, 0) is 60.2 Å². The summed E-state index contributed by atoms with van der Waals surface area (Å²) in [6.45, 7) is 6.47. The molecule has 0 saturated carbocycles. The fourth-order valence-corrected chi connectivity index (χ4v) is 6.18. The third kappa shape index (κ3) is 7.76. The number of nitriles is 1. The molecule has 10 nitrogen and oxygen atoms in total. The van der Waals surface area contributed by atoms with Crippen molar-refractivity contribution in [1.82, 2.24) is 30.0 Å². The van der Waals surface area contributed by atoms with Crippen molar-refractivity contribution >= 4 is 40.1 Å². The zero-order chi connectivity index (χ0) is 32.1.